The molecule has 0 aliphatic rings. The van der Waals surface area contributed by atoms with E-state index in [9.17, 15) is 0 Å². The van der Waals surface area contributed by atoms with Gasteiger partial charge in [-0.25, -0.2) is 0 Å². The predicted molar refractivity (Wildman–Crippen MR) is 60.0 cm³/mol. The van der Waals surface area contributed by atoms with Gasteiger partial charge in [-0.2, -0.15) is 0 Å². The van der Waals surface area contributed by atoms with Crippen LogP contribution in [0.3, 0.4) is 0 Å². The molecule has 0 aliphatic carbocycles. The molecule has 0 aliphatic heterocycles. The first kappa shape index (κ1) is 12.9. The van der Waals surface area contributed by atoms with E-state index in [1.165, 1.54) is 13.0 Å². The van der Waals surface area contributed by atoms with Crippen molar-refractivity contribution >= 4 is 0 Å². The van der Waals surface area contributed by atoms with Crippen molar-refractivity contribution in [2.45, 2.75) is 27.2 Å². The smallest absolute Gasteiger partial charge is 0.000139 e. The second-order valence-electron chi connectivity index (χ2n) is 4.75. The van der Waals surface area contributed by atoms with Gasteiger partial charge in [0.15, 0.2) is 0 Å². The van der Waals surface area contributed by atoms with E-state index in [2.05, 4.69) is 45.1 Å². The van der Waals surface area contributed by atoms with Crippen LogP contribution in [-0.2, 0) is 0 Å². The van der Waals surface area contributed by atoms with Crippen LogP contribution in [0, 0.1) is 11.8 Å². The monoisotopic (exact) mass is 186 g/mol. The SMILES string of the molecule is CC(C)CNCCC(C)CN(C)C. The Morgan fingerprint density at radius 3 is 2.23 bits per heavy atom. The number of nitrogens with one attached hydrogen (secondary N) is 1. The molecule has 0 aromatic rings. The van der Waals surface area contributed by atoms with Crippen LogP contribution in [0.1, 0.15) is 27.2 Å². The van der Waals surface area contributed by atoms with Crippen molar-refractivity contribution in [3.63, 3.8) is 0 Å². The average Bonchev–Trinajstić information content (AvgIpc) is 1.96. The van der Waals surface area contributed by atoms with E-state index in [1.807, 2.05) is 0 Å². The molecular weight excluding hydrogens is 160 g/mol. The van der Waals surface area contributed by atoms with E-state index in [1.54, 1.807) is 0 Å². The summed E-state index contributed by atoms with van der Waals surface area (Å²) in [7, 11) is 4.27. The van der Waals surface area contributed by atoms with Crippen molar-refractivity contribution < 1.29 is 0 Å². The highest BCUT2D eigenvalue weighted by atomic mass is 15.1. The Labute approximate surface area is 83.7 Å². The van der Waals surface area contributed by atoms with E-state index in [0.717, 1.165) is 24.9 Å². The molecule has 0 bridgehead atoms. The molecular formula is C11H26N2. The van der Waals surface area contributed by atoms with Gasteiger partial charge in [0.1, 0.15) is 0 Å². The Kier molecular flexibility index (Phi) is 7.29. The Hall–Kier alpha value is -0.0800. The molecule has 0 spiro atoms. The van der Waals surface area contributed by atoms with Crippen LogP contribution in [0.25, 0.3) is 0 Å². The van der Waals surface area contributed by atoms with Crippen molar-refractivity contribution in [2.75, 3.05) is 33.7 Å². The van der Waals surface area contributed by atoms with Crippen molar-refractivity contribution in [3.8, 4) is 0 Å². The van der Waals surface area contributed by atoms with Crippen LogP contribution >= 0.6 is 0 Å². The summed E-state index contributed by atoms with van der Waals surface area (Å²) < 4.78 is 0. The second kappa shape index (κ2) is 7.34. The van der Waals surface area contributed by atoms with E-state index in [-0.39, 0.29) is 0 Å². The third kappa shape index (κ3) is 9.84. The third-order valence-electron chi connectivity index (χ3n) is 2.04. The van der Waals surface area contributed by atoms with Gasteiger partial charge < -0.3 is 10.2 Å². The summed E-state index contributed by atoms with van der Waals surface area (Å²) in [6.45, 7) is 10.3. The quantitative estimate of drug-likeness (QED) is 0.610. The summed E-state index contributed by atoms with van der Waals surface area (Å²) in [5, 5.41) is 3.47. The molecule has 0 rings (SSSR count). The highest BCUT2D eigenvalue weighted by Crippen LogP contribution is 2.01. The van der Waals surface area contributed by atoms with Gasteiger partial charge in [0.05, 0.1) is 0 Å². The van der Waals surface area contributed by atoms with Gasteiger partial charge in [-0.05, 0) is 45.4 Å². The molecule has 0 radical (unpaired) electrons. The predicted octanol–water partition coefficient (Wildman–Crippen LogP) is 1.82. The minimum absolute atomic E-state index is 0.768. The zero-order valence-electron chi connectivity index (χ0n) is 9.93. The first-order valence-corrected chi connectivity index (χ1v) is 5.37. The first-order chi connectivity index (χ1) is 6.02. The number of rotatable bonds is 7. The summed E-state index contributed by atoms with van der Waals surface area (Å²) in [6.07, 6.45) is 1.28. The molecule has 1 unspecified atom stereocenters. The lowest BCUT2D eigenvalue weighted by atomic mass is 10.1. The van der Waals surface area contributed by atoms with E-state index in [4.69, 9.17) is 0 Å². The lowest BCUT2D eigenvalue weighted by molar-refractivity contribution is 0.324. The molecule has 13 heavy (non-hydrogen) atoms. The Bertz CT molecular complexity index is 111. The molecule has 0 aromatic heterocycles. The third-order valence-corrected chi connectivity index (χ3v) is 2.04. The van der Waals surface area contributed by atoms with Gasteiger partial charge in [-0.15, -0.1) is 0 Å². The minimum atomic E-state index is 0.768. The van der Waals surface area contributed by atoms with E-state index in [0.29, 0.717) is 0 Å². The second-order valence-corrected chi connectivity index (χ2v) is 4.75. The molecule has 0 fully saturated rings. The molecule has 0 heterocycles. The van der Waals surface area contributed by atoms with Gasteiger partial charge in [0.2, 0.25) is 0 Å². The van der Waals surface area contributed by atoms with Crippen LogP contribution in [0.4, 0.5) is 0 Å². The van der Waals surface area contributed by atoms with Gasteiger partial charge >= 0.3 is 0 Å². The molecule has 0 saturated carbocycles. The summed E-state index contributed by atoms with van der Waals surface area (Å²) in [4.78, 5) is 2.26. The fourth-order valence-corrected chi connectivity index (χ4v) is 1.45. The van der Waals surface area contributed by atoms with Gasteiger partial charge in [-0.3, -0.25) is 0 Å². The first-order valence-electron chi connectivity index (χ1n) is 5.37. The summed E-state index contributed by atoms with van der Waals surface area (Å²) >= 11 is 0. The van der Waals surface area contributed by atoms with E-state index < -0.39 is 0 Å². The standard InChI is InChI=1S/C11H26N2/c1-10(2)8-12-7-6-11(3)9-13(4)5/h10-12H,6-9H2,1-5H3. The molecule has 2 heteroatoms. The average molecular weight is 186 g/mol. The Balaban J connectivity index is 3.22. The van der Waals surface area contributed by atoms with Gasteiger partial charge in [0.25, 0.3) is 0 Å². The molecule has 0 amide bonds. The molecule has 1 atom stereocenters. The molecule has 0 aromatic carbocycles. The highest BCUT2D eigenvalue weighted by Gasteiger charge is 2.02. The van der Waals surface area contributed by atoms with Crippen molar-refractivity contribution in [1.29, 1.82) is 0 Å². The lowest BCUT2D eigenvalue weighted by Crippen LogP contribution is -2.26. The Morgan fingerprint density at radius 2 is 1.77 bits per heavy atom. The van der Waals surface area contributed by atoms with Crippen molar-refractivity contribution in [2.24, 2.45) is 11.8 Å². The van der Waals surface area contributed by atoms with Crippen molar-refractivity contribution in [1.82, 2.24) is 10.2 Å². The zero-order chi connectivity index (χ0) is 10.3. The maximum absolute atomic E-state index is 3.47. The maximum atomic E-state index is 3.47. The minimum Gasteiger partial charge on any atom is -0.316 e. The fraction of sp³-hybridized carbons (Fsp3) is 1.00. The molecule has 80 valence electrons. The van der Waals surface area contributed by atoms with Crippen LogP contribution in [0.2, 0.25) is 0 Å². The number of hydrogen-bond donors (Lipinski definition) is 1. The zero-order valence-corrected chi connectivity index (χ0v) is 9.93. The molecule has 1 N–H and O–H groups in total. The van der Waals surface area contributed by atoms with Crippen LogP contribution in [0.15, 0.2) is 0 Å². The van der Waals surface area contributed by atoms with E-state index >= 15 is 0 Å². The normalized spacial score (nSPS) is 14.1. The number of nitrogens with zero attached hydrogens (tertiary/aromatic N) is 1. The maximum Gasteiger partial charge on any atom is 0.000139 e. The van der Waals surface area contributed by atoms with Gasteiger partial charge in [-0.1, -0.05) is 20.8 Å². The van der Waals surface area contributed by atoms with Crippen molar-refractivity contribution in [3.05, 3.63) is 0 Å². The summed E-state index contributed by atoms with van der Waals surface area (Å²) in [5.41, 5.74) is 0. The largest absolute Gasteiger partial charge is 0.316 e. The number of hydrogen-bond acceptors (Lipinski definition) is 2. The molecule has 0 saturated heterocycles. The Morgan fingerprint density at radius 1 is 1.15 bits per heavy atom. The van der Waals surface area contributed by atoms with Crippen LogP contribution in [-0.4, -0.2) is 38.6 Å². The fourth-order valence-electron chi connectivity index (χ4n) is 1.45. The topological polar surface area (TPSA) is 15.3 Å². The van der Waals surface area contributed by atoms with Crippen LogP contribution in [0.5, 0.6) is 0 Å². The summed E-state index contributed by atoms with van der Waals surface area (Å²) in [6, 6.07) is 0. The highest BCUT2D eigenvalue weighted by molar-refractivity contribution is 4.59. The van der Waals surface area contributed by atoms with Crippen LogP contribution < -0.4 is 5.32 Å². The van der Waals surface area contributed by atoms with Gasteiger partial charge in [0, 0.05) is 6.54 Å². The molecule has 2 nitrogen and oxygen atoms in total. The summed E-state index contributed by atoms with van der Waals surface area (Å²) in [5.74, 6) is 1.57. The lowest BCUT2D eigenvalue weighted by Gasteiger charge is -2.17.